The summed E-state index contributed by atoms with van der Waals surface area (Å²) in [7, 11) is 0. The number of unbranched alkanes of at least 4 members (excludes halogenated alkanes) is 20. The molecule has 0 saturated carbocycles. The molecule has 0 aliphatic carbocycles. The molecule has 0 radical (unpaired) electrons. The standard InChI is InChI=1S/C62H102O6/c1-4-7-10-13-15-17-19-21-23-25-27-28-29-30-31-32-33-34-35-37-38-40-42-44-46-49-52-55-61(64)67-58-59(57-66-60(63)54-51-48-12-9-6-3)68-62(65)56-53-50-47-45-43-41-39-36-26-24-22-20-18-16-14-11-8-5-2/h7,10,15,17-18,20-21,23-24,26-28,30-31,33-34,37-38,59H,4-6,8-9,11-14,16,19,22,25,29,32,35-36,39-58H2,1-3H3/b10-7-,17-15-,20-18-,23-21-,26-24-,28-27-,31-30-,34-33-,38-37-. The maximum Gasteiger partial charge on any atom is 0.306 e. The van der Waals surface area contributed by atoms with Crippen molar-refractivity contribution in [3.8, 4) is 0 Å². The average molecular weight is 943 g/mol. The molecule has 1 atom stereocenters. The molecule has 0 aliphatic heterocycles. The molecule has 0 N–H and O–H groups in total. The van der Waals surface area contributed by atoms with Crippen molar-refractivity contribution in [2.45, 2.75) is 252 Å². The molecule has 6 nitrogen and oxygen atoms in total. The minimum Gasteiger partial charge on any atom is -0.462 e. The van der Waals surface area contributed by atoms with E-state index in [0.717, 1.165) is 141 Å². The van der Waals surface area contributed by atoms with E-state index in [9.17, 15) is 14.4 Å². The van der Waals surface area contributed by atoms with Crippen LogP contribution in [-0.2, 0) is 28.6 Å². The Bertz CT molecular complexity index is 1410. The molecule has 0 spiro atoms. The number of carbonyl (C=O) groups is 3. The van der Waals surface area contributed by atoms with Crippen molar-refractivity contribution in [3.63, 3.8) is 0 Å². The predicted molar refractivity (Wildman–Crippen MR) is 293 cm³/mol. The summed E-state index contributed by atoms with van der Waals surface area (Å²) in [5.41, 5.74) is 0. The highest BCUT2D eigenvalue weighted by Gasteiger charge is 2.19. The Morgan fingerprint density at radius 2 is 0.574 bits per heavy atom. The number of carbonyl (C=O) groups excluding carboxylic acids is 3. The van der Waals surface area contributed by atoms with Gasteiger partial charge >= 0.3 is 17.9 Å². The zero-order valence-corrected chi connectivity index (χ0v) is 44.1. The predicted octanol–water partition coefficient (Wildman–Crippen LogP) is 18.7. The highest BCUT2D eigenvalue weighted by molar-refractivity contribution is 5.71. The average Bonchev–Trinajstić information content (AvgIpc) is 3.34. The maximum absolute atomic E-state index is 12.8. The lowest BCUT2D eigenvalue weighted by Gasteiger charge is -2.18. The molecule has 0 bridgehead atoms. The van der Waals surface area contributed by atoms with Crippen LogP contribution in [0.15, 0.2) is 109 Å². The lowest BCUT2D eigenvalue weighted by molar-refractivity contribution is -0.167. The summed E-state index contributed by atoms with van der Waals surface area (Å²) in [4.78, 5) is 37.8. The third-order valence-electron chi connectivity index (χ3n) is 11.5. The summed E-state index contributed by atoms with van der Waals surface area (Å²) in [5.74, 6) is -0.934. The molecule has 0 aromatic heterocycles. The highest BCUT2D eigenvalue weighted by Crippen LogP contribution is 2.14. The summed E-state index contributed by atoms with van der Waals surface area (Å²) < 4.78 is 16.7. The number of ether oxygens (including phenoxy) is 3. The monoisotopic (exact) mass is 943 g/mol. The quantitative estimate of drug-likeness (QED) is 0.0262. The Morgan fingerprint density at radius 3 is 0.912 bits per heavy atom. The summed E-state index contributed by atoms with van der Waals surface area (Å²) >= 11 is 0. The van der Waals surface area contributed by atoms with E-state index in [0.29, 0.717) is 19.3 Å². The molecule has 0 saturated heterocycles. The van der Waals surface area contributed by atoms with Crippen molar-refractivity contribution in [2.24, 2.45) is 0 Å². The zero-order valence-electron chi connectivity index (χ0n) is 44.1. The fourth-order valence-corrected chi connectivity index (χ4v) is 7.33. The molecule has 0 rings (SSSR count). The molecule has 0 aromatic rings. The number of esters is 3. The molecule has 0 aromatic carbocycles. The molecule has 0 aliphatic rings. The molecule has 386 valence electrons. The van der Waals surface area contributed by atoms with E-state index in [1.807, 2.05) is 0 Å². The maximum atomic E-state index is 12.8. The molecule has 68 heavy (non-hydrogen) atoms. The van der Waals surface area contributed by atoms with Gasteiger partial charge in [0, 0.05) is 19.3 Å². The number of hydrogen-bond donors (Lipinski definition) is 0. The van der Waals surface area contributed by atoms with Crippen molar-refractivity contribution < 1.29 is 28.6 Å². The molecule has 6 heteroatoms. The lowest BCUT2D eigenvalue weighted by atomic mass is 10.1. The van der Waals surface area contributed by atoms with Crippen LogP contribution >= 0.6 is 0 Å². The van der Waals surface area contributed by atoms with Crippen molar-refractivity contribution >= 4 is 17.9 Å². The SMILES string of the molecule is CC/C=C\C/C=C\C/C=C\C/C=C\C/C=C\C/C=C\C/C=C\CCCCCCCC(=O)OCC(COC(=O)CCCCCCC)OC(=O)CCCCCCCCC/C=C\C/C=C\CCCCCC. The van der Waals surface area contributed by atoms with Crippen LogP contribution in [0.5, 0.6) is 0 Å². The van der Waals surface area contributed by atoms with Crippen molar-refractivity contribution in [3.05, 3.63) is 109 Å². The summed E-state index contributed by atoms with van der Waals surface area (Å²) in [6.45, 7) is 6.39. The Hall–Kier alpha value is -3.93. The first-order chi connectivity index (χ1) is 33.5. The van der Waals surface area contributed by atoms with Gasteiger partial charge in [0.1, 0.15) is 13.2 Å². The fraction of sp³-hybridized carbons (Fsp3) is 0.661. The van der Waals surface area contributed by atoms with E-state index in [1.54, 1.807) is 0 Å². The number of allylic oxidation sites excluding steroid dienone is 18. The molecule has 0 heterocycles. The first-order valence-electron chi connectivity index (χ1n) is 27.9. The Morgan fingerprint density at radius 1 is 0.309 bits per heavy atom. The molecule has 0 fully saturated rings. The van der Waals surface area contributed by atoms with E-state index in [1.165, 1.54) is 64.2 Å². The first-order valence-corrected chi connectivity index (χ1v) is 27.9. The normalized spacial score (nSPS) is 12.9. The van der Waals surface area contributed by atoms with Crippen LogP contribution in [0.2, 0.25) is 0 Å². The van der Waals surface area contributed by atoms with Crippen LogP contribution in [0.3, 0.4) is 0 Å². The van der Waals surface area contributed by atoms with Gasteiger partial charge in [0.15, 0.2) is 6.10 Å². The van der Waals surface area contributed by atoms with Crippen LogP contribution in [0.4, 0.5) is 0 Å². The van der Waals surface area contributed by atoms with Gasteiger partial charge in [-0.3, -0.25) is 14.4 Å². The second kappa shape index (κ2) is 55.7. The topological polar surface area (TPSA) is 78.9 Å². The second-order valence-electron chi connectivity index (χ2n) is 18.1. The van der Waals surface area contributed by atoms with Crippen LogP contribution in [0, 0.1) is 0 Å². The van der Waals surface area contributed by atoms with Crippen LogP contribution in [0.25, 0.3) is 0 Å². The molecular weight excluding hydrogens is 841 g/mol. The smallest absolute Gasteiger partial charge is 0.306 e. The van der Waals surface area contributed by atoms with E-state index < -0.39 is 6.10 Å². The third kappa shape index (κ3) is 53.0. The number of hydrogen-bond acceptors (Lipinski definition) is 6. The minimum absolute atomic E-state index is 0.0896. The van der Waals surface area contributed by atoms with E-state index >= 15 is 0 Å². The lowest BCUT2D eigenvalue weighted by Crippen LogP contribution is -2.30. The first kappa shape index (κ1) is 64.1. The van der Waals surface area contributed by atoms with Crippen molar-refractivity contribution in [1.29, 1.82) is 0 Å². The van der Waals surface area contributed by atoms with Gasteiger partial charge in [-0.15, -0.1) is 0 Å². The van der Waals surface area contributed by atoms with Gasteiger partial charge < -0.3 is 14.2 Å². The largest absolute Gasteiger partial charge is 0.462 e. The van der Waals surface area contributed by atoms with Gasteiger partial charge in [-0.1, -0.05) is 226 Å². The highest BCUT2D eigenvalue weighted by atomic mass is 16.6. The fourth-order valence-electron chi connectivity index (χ4n) is 7.33. The van der Waals surface area contributed by atoms with Crippen LogP contribution in [0.1, 0.15) is 245 Å². The Kier molecular flexibility index (Phi) is 52.4. The van der Waals surface area contributed by atoms with Crippen LogP contribution in [-0.4, -0.2) is 37.2 Å². The van der Waals surface area contributed by atoms with Crippen molar-refractivity contribution in [2.75, 3.05) is 13.2 Å². The van der Waals surface area contributed by atoms with Gasteiger partial charge in [0.25, 0.3) is 0 Å². The van der Waals surface area contributed by atoms with Gasteiger partial charge in [0.2, 0.25) is 0 Å². The Labute approximate surface area is 419 Å². The molecule has 0 amide bonds. The summed E-state index contributed by atoms with van der Waals surface area (Å²) in [6, 6.07) is 0. The number of rotatable bonds is 49. The Balaban J connectivity index is 4.19. The van der Waals surface area contributed by atoms with Gasteiger partial charge in [-0.05, 0) is 109 Å². The molecular formula is C62H102O6. The van der Waals surface area contributed by atoms with Crippen LogP contribution < -0.4 is 0 Å². The zero-order chi connectivity index (χ0) is 49.3. The van der Waals surface area contributed by atoms with Gasteiger partial charge in [0.05, 0.1) is 0 Å². The summed E-state index contributed by atoms with van der Waals surface area (Å²) in [5, 5.41) is 0. The van der Waals surface area contributed by atoms with E-state index in [2.05, 4.69) is 130 Å². The second-order valence-corrected chi connectivity index (χ2v) is 18.1. The van der Waals surface area contributed by atoms with Gasteiger partial charge in [-0.25, -0.2) is 0 Å². The third-order valence-corrected chi connectivity index (χ3v) is 11.5. The van der Waals surface area contributed by atoms with Crippen molar-refractivity contribution in [1.82, 2.24) is 0 Å². The minimum atomic E-state index is -0.788. The van der Waals surface area contributed by atoms with E-state index in [-0.39, 0.29) is 31.1 Å². The molecule has 1 unspecified atom stereocenters. The van der Waals surface area contributed by atoms with Gasteiger partial charge in [-0.2, -0.15) is 0 Å². The van der Waals surface area contributed by atoms with E-state index in [4.69, 9.17) is 14.2 Å². The summed E-state index contributed by atoms with van der Waals surface area (Å²) in [6.07, 6.45) is 75.4.